The topological polar surface area (TPSA) is 84.0 Å². The molecule has 1 aromatic heterocycles. The summed E-state index contributed by atoms with van der Waals surface area (Å²) in [6.45, 7) is 7.27. The maximum absolute atomic E-state index is 12.6. The average Bonchev–Trinajstić information content (AvgIpc) is 2.60. The van der Waals surface area contributed by atoms with Gasteiger partial charge < -0.3 is 10.6 Å². The first-order chi connectivity index (χ1) is 13.3. The lowest BCUT2D eigenvalue weighted by Crippen LogP contribution is -2.15. The van der Waals surface area contributed by atoms with Gasteiger partial charge in [-0.05, 0) is 63.1 Å². The number of benzene rings is 2. The molecule has 3 aromatic rings. The Kier molecular flexibility index (Phi) is 5.49. The molecule has 0 aliphatic carbocycles. The summed E-state index contributed by atoms with van der Waals surface area (Å²) >= 11 is 0. The summed E-state index contributed by atoms with van der Waals surface area (Å²) in [5.74, 6) is 0.598. The molecule has 142 valence electrons. The predicted octanol–water partition coefficient (Wildman–Crippen LogP) is 4.60. The molecule has 3 rings (SSSR count). The molecule has 0 unspecified atom stereocenters. The van der Waals surface area contributed by atoms with Gasteiger partial charge in [0.25, 0.3) is 5.91 Å². The molecule has 0 bridgehead atoms. The van der Waals surface area contributed by atoms with Crippen molar-refractivity contribution in [3.63, 3.8) is 0 Å². The molecular formula is C22H22N4O2. The van der Waals surface area contributed by atoms with Crippen molar-refractivity contribution < 1.29 is 9.59 Å². The quantitative estimate of drug-likeness (QED) is 0.638. The molecule has 0 aliphatic heterocycles. The van der Waals surface area contributed by atoms with Crippen molar-refractivity contribution >= 4 is 28.9 Å². The largest absolute Gasteiger partial charge is 0.340 e. The molecule has 0 spiro atoms. The molecule has 2 aromatic carbocycles. The van der Waals surface area contributed by atoms with Gasteiger partial charge in [-0.25, -0.2) is 9.97 Å². The number of aryl methyl sites for hydroxylation is 3. The minimum absolute atomic E-state index is 0.0612. The van der Waals surface area contributed by atoms with E-state index < -0.39 is 0 Å². The van der Waals surface area contributed by atoms with E-state index in [9.17, 15) is 9.59 Å². The fourth-order valence-corrected chi connectivity index (χ4v) is 2.95. The summed E-state index contributed by atoms with van der Waals surface area (Å²) in [6.07, 6.45) is 0. The van der Waals surface area contributed by atoms with Gasteiger partial charge in [-0.3, -0.25) is 9.59 Å². The predicted molar refractivity (Wildman–Crippen MR) is 110 cm³/mol. The van der Waals surface area contributed by atoms with E-state index in [1.165, 1.54) is 6.92 Å². The van der Waals surface area contributed by atoms with E-state index in [-0.39, 0.29) is 17.4 Å². The van der Waals surface area contributed by atoms with Gasteiger partial charge in [-0.2, -0.15) is 0 Å². The van der Waals surface area contributed by atoms with Crippen LogP contribution in [0.15, 0.2) is 48.5 Å². The second-order valence-electron chi connectivity index (χ2n) is 6.78. The van der Waals surface area contributed by atoms with Crippen molar-refractivity contribution in [1.29, 1.82) is 0 Å². The Bertz CT molecular complexity index is 1040. The van der Waals surface area contributed by atoms with Crippen LogP contribution in [-0.2, 0) is 0 Å². The summed E-state index contributed by atoms with van der Waals surface area (Å²) in [7, 11) is 0. The number of rotatable bonds is 5. The summed E-state index contributed by atoms with van der Waals surface area (Å²) < 4.78 is 0. The van der Waals surface area contributed by atoms with Gasteiger partial charge in [0.1, 0.15) is 17.3 Å². The Morgan fingerprint density at radius 2 is 1.57 bits per heavy atom. The van der Waals surface area contributed by atoms with Crippen molar-refractivity contribution in [2.75, 3.05) is 10.6 Å². The van der Waals surface area contributed by atoms with Crippen molar-refractivity contribution in [3.05, 3.63) is 76.7 Å². The highest BCUT2D eigenvalue weighted by Crippen LogP contribution is 2.19. The first kappa shape index (κ1) is 19.2. The standard InChI is InChI=1S/C22H22N4O2/c1-13-8-14(2)10-19(9-13)25-21-12-20(23-16(4)24-21)22(28)26-18-7-5-6-17(11-18)15(3)27/h5-12H,1-4H3,(H,26,28)(H,23,24,25). The van der Waals surface area contributed by atoms with E-state index in [1.54, 1.807) is 37.3 Å². The van der Waals surface area contributed by atoms with Crippen molar-refractivity contribution in [2.24, 2.45) is 0 Å². The fourth-order valence-electron chi connectivity index (χ4n) is 2.95. The fraction of sp³-hybridized carbons (Fsp3) is 0.182. The second-order valence-corrected chi connectivity index (χ2v) is 6.78. The van der Waals surface area contributed by atoms with E-state index >= 15 is 0 Å². The van der Waals surface area contributed by atoms with E-state index in [4.69, 9.17) is 0 Å². The molecule has 6 heteroatoms. The third-order valence-electron chi connectivity index (χ3n) is 4.09. The van der Waals surface area contributed by atoms with Crippen molar-refractivity contribution in [2.45, 2.75) is 27.7 Å². The highest BCUT2D eigenvalue weighted by Gasteiger charge is 2.12. The lowest BCUT2D eigenvalue weighted by molar-refractivity contribution is 0.100. The van der Waals surface area contributed by atoms with Crippen LogP contribution in [0.3, 0.4) is 0 Å². The maximum atomic E-state index is 12.6. The van der Waals surface area contributed by atoms with Gasteiger partial charge in [0.15, 0.2) is 5.78 Å². The highest BCUT2D eigenvalue weighted by molar-refractivity contribution is 6.04. The molecule has 1 heterocycles. The summed E-state index contributed by atoms with van der Waals surface area (Å²) in [6, 6.07) is 14.5. The van der Waals surface area contributed by atoms with Crippen LogP contribution in [0, 0.1) is 20.8 Å². The number of amides is 1. The van der Waals surface area contributed by atoms with Gasteiger partial charge in [0.05, 0.1) is 0 Å². The minimum atomic E-state index is -0.366. The van der Waals surface area contributed by atoms with Gasteiger partial charge in [0, 0.05) is 23.0 Å². The number of hydrogen-bond acceptors (Lipinski definition) is 5. The van der Waals surface area contributed by atoms with E-state index in [2.05, 4.69) is 26.7 Å². The van der Waals surface area contributed by atoms with Gasteiger partial charge in [-0.15, -0.1) is 0 Å². The first-order valence-corrected chi connectivity index (χ1v) is 8.93. The smallest absolute Gasteiger partial charge is 0.274 e. The molecule has 0 aliphatic rings. The molecule has 2 N–H and O–H groups in total. The van der Waals surface area contributed by atoms with Crippen molar-refractivity contribution in [3.8, 4) is 0 Å². The van der Waals surface area contributed by atoms with Gasteiger partial charge in [-0.1, -0.05) is 18.2 Å². The van der Waals surface area contributed by atoms with Gasteiger partial charge >= 0.3 is 0 Å². The molecule has 0 atom stereocenters. The molecule has 0 saturated heterocycles. The van der Waals surface area contributed by atoms with E-state index in [0.29, 0.717) is 22.9 Å². The normalized spacial score (nSPS) is 10.4. The lowest BCUT2D eigenvalue weighted by Gasteiger charge is -2.11. The maximum Gasteiger partial charge on any atom is 0.274 e. The van der Waals surface area contributed by atoms with E-state index in [0.717, 1.165) is 16.8 Å². The third-order valence-corrected chi connectivity index (χ3v) is 4.09. The van der Waals surface area contributed by atoms with Crippen LogP contribution in [0.5, 0.6) is 0 Å². The third kappa shape index (κ3) is 4.79. The Labute approximate surface area is 164 Å². The highest BCUT2D eigenvalue weighted by atomic mass is 16.2. The molecule has 0 saturated carbocycles. The summed E-state index contributed by atoms with van der Waals surface area (Å²) in [4.78, 5) is 32.8. The van der Waals surface area contributed by atoms with Crippen LogP contribution in [-0.4, -0.2) is 21.7 Å². The van der Waals surface area contributed by atoms with Gasteiger partial charge in [0.2, 0.25) is 0 Å². The molecular weight excluding hydrogens is 352 g/mol. The zero-order chi connectivity index (χ0) is 20.3. The minimum Gasteiger partial charge on any atom is -0.340 e. The number of nitrogens with zero attached hydrogens (tertiary/aromatic N) is 2. The Hall–Kier alpha value is -3.54. The zero-order valence-corrected chi connectivity index (χ0v) is 16.3. The van der Waals surface area contributed by atoms with Crippen LogP contribution < -0.4 is 10.6 Å². The Morgan fingerprint density at radius 1 is 0.857 bits per heavy atom. The Morgan fingerprint density at radius 3 is 2.25 bits per heavy atom. The number of nitrogens with one attached hydrogen (secondary N) is 2. The zero-order valence-electron chi connectivity index (χ0n) is 16.3. The molecule has 0 radical (unpaired) electrons. The summed E-state index contributed by atoms with van der Waals surface area (Å²) in [5.41, 5.74) is 4.49. The van der Waals surface area contributed by atoms with Crippen LogP contribution >= 0.6 is 0 Å². The van der Waals surface area contributed by atoms with Crippen LogP contribution in [0.4, 0.5) is 17.2 Å². The first-order valence-electron chi connectivity index (χ1n) is 8.93. The number of carbonyl (C=O) groups excluding carboxylic acids is 2. The molecule has 0 fully saturated rings. The number of Topliss-reactive ketones (excluding diaryl/α,β-unsaturated/α-hetero) is 1. The lowest BCUT2D eigenvalue weighted by atomic mass is 10.1. The summed E-state index contributed by atoms with van der Waals surface area (Å²) in [5, 5.41) is 6.01. The number of hydrogen-bond donors (Lipinski definition) is 2. The Balaban J connectivity index is 1.83. The van der Waals surface area contributed by atoms with Crippen LogP contribution in [0.2, 0.25) is 0 Å². The van der Waals surface area contributed by atoms with Crippen LogP contribution in [0.1, 0.15) is 44.7 Å². The number of aromatic nitrogens is 2. The molecule has 28 heavy (non-hydrogen) atoms. The van der Waals surface area contributed by atoms with E-state index in [1.807, 2.05) is 26.0 Å². The average molecular weight is 374 g/mol. The van der Waals surface area contributed by atoms with Crippen molar-refractivity contribution in [1.82, 2.24) is 9.97 Å². The van der Waals surface area contributed by atoms with Crippen LogP contribution in [0.25, 0.3) is 0 Å². The second kappa shape index (κ2) is 8.00. The number of carbonyl (C=O) groups is 2. The molecule has 1 amide bonds. The number of ketones is 1. The number of anilines is 3. The monoisotopic (exact) mass is 374 g/mol. The SMILES string of the molecule is CC(=O)c1cccc(NC(=O)c2cc(Nc3cc(C)cc(C)c3)nc(C)n2)c1. The molecule has 6 nitrogen and oxygen atoms in total.